The molecule has 1 atom stereocenters. The van der Waals surface area contributed by atoms with Crippen molar-refractivity contribution < 1.29 is 31.5 Å². The number of benzene rings is 2. The summed E-state index contributed by atoms with van der Waals surface area (Å²) in [5.41, 5.74) is 1.27. The van der Waals surface area contributed by atoms with Crippen LogP contribution >= 0.6 is 35.3 Å². The number of rotatable bonds is 7. The summed E-state index contributed by atoms with van der Waals surface area (Å²) in [6, 6.07) is 7.68. The molecule has 0 aromatic heterocycles. The van der Waals surface area contributed by atoms with Crippen LogP contribution in [0.4, 0.5) is 17.6 Å². The van der Waals surface area contributed by atoms with Gasteiger partial charge >= 0.3 is 13.8 Å². The maximum Gasteiger partial charge on any atom is 0.442 e. The van der Waals surface area contributed by atoms with E-state index in [9.17, 15) is 22.1 Å². The summed E-state index contributed by atoms with van der Waals surface area (Å²) in [5.74, 6) is -0.614. The van der Waals surface area contributed by atoms with Gasteiger partial charge in [0.1, 0.15) is 17.4 Å². The van der Waals surface area contributed by atoms with Crippen molar-refractivity contribution >= 4 is 35.3 Å². The van der Waals surface area contributed by atoms with Crippen LogP contribution in [0.5, 0.6) is 5.75 Å². The lowest BCUT2D eigenvalue weighted by molar-refractivity contribution is 0.188. The molecule has 0 spiro atoms. The summed E-state index contributed by atoms with van der Waals surface area (Å²) in [6.45, 7) is 0. The number of hydrogen-bond donors (Lipinski definition) is 1. The van der Waals surface area contributed by atoms with Gasteiger partial charge in [0.05, 0.1) is 4.47 Å². The minimum Gasteiger partial charge on any atom is -0.420 e. The second-order valence-electron chi connectivity index (χ2n) is 4.97. The van der Waals surface area contributed by atoms with E-state index < -0.39 is 25.4 Å². The number of alkyl halides is 2. The van der Waals surface area contributed by atoms with E-state index in [1.165, 1.54) is 30.0 Å². The fourth-order valence-electron chi connectivity index (χ4n) is 1.87. The van der Waals surface area contributed by atoms with Gasteiger partial charge in [0, 0.05) is 17.6 Å². The third kappa shape index (κ3) is 6.02. The second kappa shape index (κ2) is 8.58. The largest absolute Gasteiger partial charge is 0.442 e. The van der Waals surface area contributed by atoms with Crippen LogP contribution in [0, 0.1) is 11.6 Å². The minimum absolute atomic E-state index is 0.174. The standard InChI is InChI=1S/C15H12BrF4O3PS/c16-13-5-9(1-2-14(13)23-24(21,22)15(19)20)7-25-8-10-3-11(17)6-12(18)4-10/h1-6,15H,7-8H2,(H,21,22). The van der Waals surface area contributed by atoms with E-state index in [1.807, 2.05) is 0 Å². The molecule has 3 nitrogen and oxygen atoms in total. The second-order valence-corrected chi connectivity index (χ2v) is 8.51. The Kier molecular flexibility index (Phi) is 6.96. The van der Waals surface area contributed by atoms with Crippen LogP contribution in [0.15, 0.2) is 40.9 Å². The Bertz CT molecular complexity index is 786. The summed E-state index contributed by atoms with van der Waals surface area (Å²) in [5, 5.41) is 0. The maximum atomic E-state index is 13.1. The monoisotopic (exact) mass is 458 g/mol. The molecule has 0 heterocycles. The molecule has 136 valence electrons. The molecule has 2 aromatic rings. The molecule has 0 amide bonds. The van der Waals surface area contributed by atoms with Crippen LogP contribution in [0.2, 0.25) is 0 Å². The SMILES string of the molecule is O=P(O)(Oc1ccc(CSCc2cc(F)cc(F)c2)cc1Br)C(F)F. The van der Waals surface area contributed by atoms with E-state index in [0.29, 0.717) is 17.1 Å². The van der Waals surface area contributed by atoms with Gasteiger partial charge < -0.3 is 9.42 Å². The highest BCUT2D eigenvalue weighted by molar-refractivity contribution is 9.10. The predicted octanol–water partition coefficient (Wildman–Crippen LogP) is 5.95. The van der Waals surface area contributed by atoms with Crippen molar-refractivity contribution in [2.24, 2.45) is 0 Å². The summed E-state index contributed by atoms with van der Waals surface area (Å²) in [4.78, 5) is 9.05. The van der Waals surface area contributed by atoms with Gasteiger partial charge in [0.25, 0.3) is 0 Å². The summed E-state index contributed by atoms with van der Waals surface area (Å²) >= 11 is 4.48. The fourth-order valence-corrected chi connectivity index (χ4v) is 3.94. The van der Waals surface area contributed by atoms with E-state index in [4.69, 9.17) is 4.89 Å². The van der Waals surface area contributed by atoms with E-state index in [2.05, 4.69) is 20.5 Å². The molecule has 0 aliphatic carbocycles. The fraction of sp³-hybridized carbons (Fsp3) is 0.200. The molecule has 0 aliphatic heterocycles. The summed E-state index contributed by atoms with van der Waals surface area (Å²) in [7, 11) is -5.04. The van der Waals surface area contributed by atoms with Gasteiger partial charge in [0.2, 0.25) is 0 Å². The van der Waals surface area contributed by atoms with E-state index in [1.54, 1.807) is 12.1 Å². The van der Waals surface area contributed by atoms with Crippen LogP contribution < -0.4 is 4.52 Å². The van der Waals surface area contributed by atoms with Crippen LogP contribution in [0.1, 0.15) is 11.1 Å². The Balaban J connectivity index is 1.97. The zero-order chi connectivity index (χ0) is 18.6. The molecule has 1 N–H and O–H groups in total. The molecule has 0 aliphatic rings. The lowest BCUT2D eigenvalue weighted by atomic mass is 10.2. The van der Waals surface area contributed by atoms with Crippen molar-refractivity contribution in [3.05, 3.63) is 63.6 Å². The molecule has 2 aromatic carbocycles. The van der Waals surface area contributed by atoms with Gasteiger partial charge in [-0.1, -0.05) is 6.07 Å². The van der Waals surface area contributed by atoms with Crippen LogP contribution in [0.25, 0.3) is 0 Å². The maximum absolute atomic E-state index is 13.1. The molecule has 0 radical (unpaired) electrons. The molecule has 0 saturated heterocycles. The molecule has 0 saturated carbocycles. The van der Waals surface area contributed by atoms with E-state index in [-0.39, 0.29) is 10.2 Å². The lowest BCUT2D eigenvalue weighted by Crippen LogP contribution is -2.01. The normalized spacial score (nSPS) is 13.7. The quantitative estimate of drug-likeness (QED) is 0.411. The average molecular weight is 459 g/mol. The molecule has 25 heavy (non-hydrogen) atoms. The highest BCUT2D eigenvalue weighted by atomic mass is 79.9. The molecule has 0 bridgehead atoms. The van der Waals surface area contributed by atoms with Crippen molar-refractivity contribution in [3.63, 3.8) is 0 Å². The van der Waals surface area contributed by atoms with Crippen LogP contribution in [-0.4, -0.2) is 11.1 Å². The zero-order valence-electron chi connectivity index (χ0n) is 12.5. The number of thioether (sulfide) groups is 1. The molecular formula is C15H12BrF4O3PS. The Hall–Kier alpha value is -1.02. The molecular weight excluding hydrogens is 447 g/mol. The van der Waals surface area contributed by atoms with Gasteiger partial charge in [-0.15, -0.1) is 0 Å². The third-order valence-electron chi connectivity index (χ3n) is 2.93. The number of hydrogen-bond acceptors (Lipinski definition) is 3. The smallest absolute Gasteiger partial charge is 0.420 e. The summed E-state index contributed by atoms with van der Waals surface area (Å²) in [6.07, 6.45) is -3.50. The zero-order valence-corrected chi connectivity index (χ0v) is 15.8. The Morgan fingerprint density at radius 1 is 1.08 bits per heavy atom. The predicted molar refractivity (Wildman–Crippen MR) is 92.0 cm³/mol. The summed E-state index contributed by atoms with van der Waals surface area (Å²) < 4.78 is 66.9. The first-order chi connectivity index (χ1) is 11.7. The van der Waals surface area contributed by atoms with E-state index >= 15 is 0 Å². The minimum atomic E-state index is -5.04. The van der Waals surface area contributed by atoms with Crippen LogP contribution in [0.3, 0.4) is 0 Å². The molecule has 10 heteroatoms. The first-order valence-electron chi connectivity index (χ1n) is 6.79. The van der Waals surface area contributed by atoms with Gasteiger partial charge in [-0.3, -0.25) is 0 Å². The van der Waals surface area contributed by atoms with E-state index in [0.717, 1.165) is 11.6 Å². The van der Waals surface area contributed by atoms with Gasteiger partial charge in [0.15, 0.2) is 0 Å². The van der Waals surface area contributed by atoms with Crippen molar-refractivity contribution in [3.8, 4) is 5.75 Å². The molecule has 2 rings (SSSR count). The topological polar surface area (TPSA) is 46.5 Å². The van der Waals surface area contributed by atoms with Gasteiger partial charge in [-0.25, -0.2) is 13.3 Å². The number of halogens is 5. The van der Waals surface area contributed by atoms with Crippen molar-refractivity contribution in [1.29, 1.82) is 0 Å². The van der Waals surface area contributed by atoms with Crippen molar-refractivity contribution in [2.75, 3.05) is 0 Å². The first-order valence-corrected chi connectivity index (χ1v) is 10.4. The highest BCUT2D eigenvalue weighted by Gasteiger charge is 2.34. The average Bonchev–Trinajstić information content (AvgIpc) is 2.48. The Labute approximate surface area is 154 Å². The van der Waals surface area contributed by atoms with Crippen molar-refractivity contribution in [2.45, 2.75) is 17.7 Å². The van der Waals surface area contributed by atoms with Crippen molar-refractivity contribution in [1.82, 2.24) is 0 Å². The Morgan fingerprint density at radius 3 is 2.24 bits per heavy atom. The highest BCUT2D eigenvalue weighted by Crippen LogP contribution is 2.50. The first kappa shape index (κ1) is 20.3. The molecule has 0 fully saturated rings. The van der Waals surface area contributed by atoms with Gasteiger partial charge in [-0.2, -0.15) is 20.5 Å². The molecule has 1 unspecified atom stereocenters. The Morgan fingerprint density at radius 2 is 1.68 bits per heavy atom. The van der Waals surface area contributed by atoms with Gasteiger partial charge in [-0.05, 0) is 51.3 Å². The lowest BCUT2D eigenvalue weighted by Gasteiger charge is -2.14. The third-order valence-corrected chi connectivity index (χ3v) is 5.58. The van der Waals surface area contributed by atoms with Crippen LogP contribution in [-0.2, 0) is 16.1 Å².